The molecular formula is C29H32N2O2S. The summed E-state index contributed by atoms with van der Waals surface area (Å²) in [7, 11) is 0. The van der Waals surface area contributed by atoms with Crippen LogP contribution in [0.1, 0.15) is 72.1 Å². The third kappa shape index (κ3) is 4.55. The van der Waals surface area contributed by atoms with Gasteiger partial charge in [0, 0.05) is 5.39 Å². The minimum absolute atomic E-state index is 0.0558. The van der Waals surface area contributed by atoms with Crippen LogP contribution in [0, 0.1) is 5.92 Å². The predicted molar refractivity (Wildman–Crippen MR) is 141 cm³/mol. The van der Waals surface area contributed by atoms with Gasteiger partial charge in [-0.25, -0.2) is 0 Å². The van der Waals surface area contributed by atoms with E-state index in [2.05, 4.69) is 55.3 Å². The number of hydrogen-bond donors (Lipinski definition) is 1. The molecule has 0 radical (unpaired) electrons. The van der Waals surface area contributed by atoms with Gasteiger partial charge < -0.3 is 9.73 Å². The van der Waals surface area contributed by atoms with Crippen LogP contribution in [0.3, 0.4) is 0 Å². The van der Waals surface area contributed by atoms with Gasteiger partial charge in [0.15, 0.2) is 0 Å². The van der Waals surface area contributed by atoms with Gasteiger partial charge in [0.05, 0.1) is 16.6 Å². The zero-order chi connectivity index (χ0) is 23.7. The van der Waals surface area contributed by atoms with Crippen LogP contribution in [0.25, 0.3) is 11.0 Å². The van der Waals surface area contributed by atoms with Gasteiger partial charge in [-0.2, -0.15) is 0 Å². The number of carbonyl (C=O) groups excluding carboxylic acids is 1. The van der Waals surface area contributed by atoms with E-state index in [1.165, 1.54) is 22.5 Å². The van der Waals surface area contributed by atoms with E-state index < -0.39 is 0 Å². The molecule has 1 amide bonds. The van der Waals surface area contributed by atoms with Crippen molar-refractivity contribution in [2.24, 2.45) is 5.92 Å². The minimum atomic E-state index is -0.0935. The number of carbonyl (C=O) groups is 1. The number of nitrogens with one attached hydrogen (secondary N) is 1. The second kappa shape index (κ2) is 9.77. The summed E-state index contributed by atoms with van der Waals surface area (Å²) in [6.45, 7) is 8.78. The maximum atomic E-state index is 13.1. The number of hydrogen-bond acceptors (Lipinski definition) is 4. The molecule has 1 aliphatic heterocycles. The van der Waals surface area contributed by atoms with E-state index >= 15 is 0 Å². The molecule has 1 fully saturated rings. The third-order valence-electron chi connectivity index (χ3n) is 6.96. The second-order valence-electron chi connectivity index (χ2n) is 9.71. The summed E-state index contributed by atoms with van der Waals surface area (Å²) in [4.78, 5) is 16.3. The number of furan rings is 1. The Balaban J connectivity index is 1.62. The normalized spacial score (nSPS) is 16.2. The van der Waals surface area contributed by atoms with Crippen LogP contribution in [0.15, 0.2) is 70.5 Å². The molecule has 2 aromatic carbocycles. The Morgan fingerprint density at radius 2 is 1.71 bits per heavy atom. The van der Waals surface area contributed by atoms with Crippen molar-refractivity contribution >= 4 is 33.9 Å². The molecule has 5 heteroatoms. The lowest BCUT2D eigenvalue weighted by Crippen LogP contribution is -2.37. The molecule has 1 aliphatic rings. The highest BCUT2D eigenvalue weighted by Gasteiger charge is 2.32. The molecule has 0 unspecified atom stereocenters. The van der Waals surface area contributed by atoms with Crippen LogP contribution in [0.4, 0.5) is 5.69 Å². The lowest BCUT2D eigenvalue weighted by Gasteiger charge is -2.36. The standard InChI is InChI=1S/C29H32N2O2S/c1-19(2)21-10-12-22(13-11-21)27(31-16-14-20(3)15-17-31)28-26(23-7-4-5-8-24(23)33-28)30-29(32)25-9-6-18-34-25/h4-13,18-20,27H,14-17H2,1-3H3,(H,30,32)/t27-/m0/s1. The number of benzene rings is 2. The van der Waals surface area contributed by atoms with Gasteiger partial charge in [0.25, 0.3) is 5.91 Å². The molecule has 34 heavy (non-hydrogen) atoms. The molecular weight excluding hydrogens is 440 g/mol. The van der Waals surface area contributed by atoms with E-state index in [4.69, 9.17) is 4.42 Å². The fraction of sp³-hybridized carbons (Fsp3) is 0.345. The first kappa shape index (κ1) is 22.9. The molecule has 4 nitrogen and oxygen atoms in total. The Bertz CT molecular complexity index is 1250. The highest BCUT2D eigenvalue weighted by atomic mass is 32.1. The number of likely N-dealkylation sites (tertiary alicyclic amines) is 1. The molecule has 3 heterocycles. The molecule has 1 N–H and O–H groups in total. The van der Waals surface area contributed by atoms with Crippen molar-refractivity contribution in [3.8, 4) is 0 Å². The predicted octanol–water partition coefficient (Wildman–Crippen LogP) is 7.69. The first-order chi connectivity index (χ1) is 16.5. The molecule has 4 aromatic rings. The summed E-state index contributed by atoms with van der Waals surface area (Å²) in [5.41, 5.74) is 4.11. The van der Waals surface area contributed by atoms with Gasteiger partial charge in [-0.05, 0) is 72.5 Å². The summed E-state index contributed by atoms with van der Waals surface area (Å²) < 4.78 is 6.54. The molecule has 5 rings (SSSR count). The Morgan fingerprint density at radius 1 is 1.00 bits per heavy atom. The van der Waals surface area contributed by atoms with E-state index in [0.717, 1.165) is 54.3 Å². The van der Waals surface area contributed by atoms with Crippen molar-refractivity contribution in [2.45, 2.75) is 45.6 Å². The van der Waals surface area contributed by atoms with Crippen molar-refractivity contribution in [3.05, 3.63) is 87.8 Å². The van der Waals surface area contributed by atoms with Gasteiger partial charge in [0.2, 0.25) is 0 Å². The number of fused-ring (bicyclic) bond motifs is 1. The van der Waals surface area contributed by atoms with Crippen LogP contribution < -0.4 is 5.32 Å². The Morgan fingerprint density at radius 3 is 2.38 bits per heavy atom. The monoisotopic (exact) mass is 472 g/mol. The number of para-hydroxylation sites is 1. The number of anilines is 1. The molecule has 1 atom stereocenters. The highest BCUT2D eigenvalue weighted by Crippen LogP contribution is 2.42. The molecule has 0 saturated carbocycles. The average Bonchev–Trinajstić information content (AvgIpc) is 3.50. The first-order valence-electron chi connectivity index (χ1n) is 12.2. The van der Waals surface area contributed by atoms with Crippen molar-refractivity contribution in [1.82, 2.24) is 4.90 Å². The van der Waals surface area contributed by atoms with E-state index in [9.17, 15) is 4.79 Å². The Kier molecular flexibility index (Phi) is 6.57. The SMILES string of the molecule is CC1CCN([C@@H](c2ccc(C(C)C)cc2)c2oc3ccccc3c2NC(=O)c2cccs2)CC1. The fourth-order valence-corrected chi connectivity index (χ4v) is 5.47. The van der Waals surface area contributed by atoms with E-state index in [0.29, 0.717) is 10.8 Å². The number of nitrogens with zero attached hydrogens (tertiary/aromatic N) is 1. The third-order valence-corrected chi connectivity index (χ3v) is 7.83. The number of thiophene rings is 1. The average molecular weight is 473 g/mol. The van der Waals surface area contributed by atoms with Gasteiger partial charge >= 0.3 is 0 Å². The van der Waals surface area contributed by atoms with Crippen LogP contribution in [-0.4, -0.2) is 23.9 Å². The zero-order valence-electron chi connectivity index (χ0n) is 20.1. The highest BCUT2D eigenvalue weighted by molar-refractivity contribution is 7.12. The Labute approximate surface area is 205 Å². The second-order valence-corrected chi connectivity index (χ2v) is 10.7. The van der Waals surface area contributed by atoms with E-state index in [1.807, 2.05) is 41.8 Å². The summed E-state index contributed by atoms with van der Waals surface area (Å²) in [5, 5.41) is 6.08. The molecule has 0 aliphatic carbocycles. The molecule has 2 aromatic heterocycles. The minimum Gasteiger partial charge on any atom is -0.457 e. The first-order valence-corrected chi connectivity index (χ1v) is 13.1. The summed E-state index contributed by atoms with van der Waals surface area (Å²) in [6, 6.07) is 20.6. The fourth-order valence-electron chi connectivity index (χ4n) is 4.85. The van der Waals surface area contributed by atoms with Crippen LogP contribution in [0.2, 0.25) is 0 Å². The largest absolute Gasteiger partial charge is 0.457 e. The lowest BCUT2D eigenvalue weighted by molar-refractivity contribution is 0.102. The maximum absolute atomic E-state index is 13.1. The van der Waals surface area contributed by atoms with Crippen molar-refractivity contribution in [1.29, 1.82) is 0 Å². The van der Waals surface area contributed by atoms with Crippen molar-refractivity contribution < 1.29 is 9.21 Å². The van der Waals surface area contributed by atoms with Crippen molar-refractivity contribution in [2.75, 3.05) is 18.4 Å². The van der Waals surface area contributed by atoms with Crippen molar-refractivity contribution in [3.63, 3.8) is 0 Å². The number of piperidine rings is 1. The maximum Gasteiger partial charge on any atom is 0.265 e. The van der Waals surface area contributed by atoms with Gasteiger partial charge in [-0.1, -0.05) is 63.2 Å². The zero-order valence-corrected chi connectivity index (χ0v) is 20.9. The summed E-state index contributed by atoms with van der Waals surface area (Å²) >= 11 is 1.45. The summed E-state index contributed by atoms with van der Waals surface area (Å²) in [6.07, 6.45) is 2.33. The number of amides is 1. The topological polar surface area (TPSA) is 45.5 Å². The van der Waals surface area contributed by atoms with E-state index in [1.54, 1.807) is 0 Å². The van der Waals surface area contributed by atoms with Crippen LogP contribution in [-0.2, 0) is 0 Å². The molecule has 176 valence electrons. The van der Waals surface area contributed by atoms with Crippen LogP contribution >= 0.6 is 11.3 Å². The van der Waals surface area contributed by atoms with E-state index in [-0.39, 0.29) is 11.9 Å². The molecule has 0 spiro atoms. The van der Waals surface area contributed by atoms with Crippen LogP contribution in [0.5, 0.6) is 0 Å². The van der Waals surface area contributed by atoms with Gasteiger partial charge in [0.1, 0.15) is 11.3 Å². The lowest BCUT2D eigenvalue weighted by atomic mass is 9.92. The smallest absolute Gasteiger partial charge is 0.265 e. The molecule has 0 bridgehead atoms. The summed E-state index contributed by atoms with van der Waals surface area (Å²) in [5.74, 6) is 1.94. The molecule has 1 saturated heterocycles. The quantitative estimate of drug-likeness (QED) is 0.313. The van der Waals surface area contributed by atoms with Gasteiger partial charge in [-0.3, -0.25) is 9.69 Å². The number of rotatable bonds is 6. The van der Waals surface area contributed by atoms with Gasteiger partial charge in [-0.15, -0.1) is 11.3 Å². The Hall–Kier alpha value is -2.89.